The second-order valence-corrected chi connectivity index (χ2v) is 3.69. The summed E-state index contributed by atoms with van der Waals surface area (Å²) in [6, 6.07) is 0. The molecule has 0 aliphatic heterocycles. The molecule has 0 bridgehead atoms. The van der Waals surface area contributed by atoms with Crippen LogP contribution in [0.15, 0.2) is 0 Å². The Kier molecular flexibility index (Phi) is 6.80. The van der Waals surface area contributed by atoms with Gasteiger partial charge in [-0.15, -0.1) is 0 Å². The number of hydrogen-bond donors (Lipinski definition) is 0. The van der Waals surface area contributed by atoms with Crippen LogP contribution in [0.2, 0.25) is 6.32 Å². The average Bonchev–Trinajstić information content (AvgIpc) is 2.03. The molecule has 2 atom stereocenters. The quantitative estimate of drug-likeness (QED) is 0.404. The molecule has 0 nitrogen and oxygen atoms in total. The van der Waals surface area contributed by atoms with Crippen molar-refractivity contribution in [2.45, 2.75) is 52.8 Å². The zero-order valence-electron chi connectivity index (χ0n) is 8.27. The van der Waals surface area contributed by atoms with Gasteiger partial charge in [-0.1, -0.05) is 52.8 Å². The lowest BCUT2D eigenvalue weighted by atomic mass is 9.81. The first kappa shape index (κ1) is 11.1. The Morgan fingerprint density at radius 2 is 1.73 bits per heavy atom. The molecule has 64 valence electrons. The van der Waals surface area contributed by atoms with Crippen molar-refractivity contribution in [1.29, 1.82) is 0 Å². The van der Waals surface area contributed by atoms with Gasteiger partial charge in [0.1, 0.15) is 0 Å². The van der Waals surface area contributed by atoms with Crippen LogP contribution in [-0.4, -0.2) is 7.85 Å². The van der Waals surface area contributed by atoms with Crippen molar-refractivity contribution in [2.75, 3.05) is 0 Å². The van der Waals surface area contributed by atoms with E-state index in [-0.39, 0.29) is 0 Å². The maximum absolute atomic E-state index is 5.58. The molecule has 0 saturated heterocycles. The van der Waals surface area contributed by atoms with Crippen LogP contribution in [0.3, 0.4) is 0 Å². The Hall–Kier alpha value is 0.0649. The van der Waals surface area contributed by atoms with Crippen molar-refractivity contribution in [3.8, 4) is 0 Å². The van der Waals surface area contributed by atoms with Crippen molar-refractivity contribution < 1.29 is 0 Å². The average molecular weight is 152 g/mol. The smallest absolute Gasteiger partial charge is 0.0656 e. The summed E-state index contributed by atoms with van der Waals surface area (Å²) in [5, 5.41) is 0. The molecule has 0 N–H and O–H groups in total. The lowest BCUT2D eigenvalue weighted by Crippen LogP contribution is -2.06. The molecule has 0 aliphatic carbocycles. The molecule has 0 rings (SSSR count). The summed E-state index contributed by atoms with van der Waals surface area (Å²) in [7, 11) is 5.58. The fourth-order valence-corrected chi connectivity index (χ4v) is 1.23. The molecule has 0 fully saturated rings. The highest BCUT2D eigenvalue weighted by Crippen LogP contribution is 2.20. The normalized spacial score (nSPS) is 16.3. The predicted molar refractivity (Wildman–Crippen MR) is 53.0 cm³/mol. The van der Waals surface area contributed by atoms with Crippen molar-refractivity contribution in [3.63, 3.8) is 0 Å². The second kappa shape index (κ2) is 6.76. The largest absolute Gasteiger partial charge is 0.0859 e. The van der Waals surface area contributed by atoms with Gasteiger partial charge in [-0.25, -0.2) is 0 Å². The summed E-state index contributed by atoms with van der Waals surface area (Å²) >= 11 is 0. The zero-order chi connectivity index (χ0) is 8.69. The summed E-state index contributed by atoms with van der Waals surface area (Å²) in [5.41, 5.74) is 0. The molecule has 0 spiro atoms. The summed E-state index contributed by atoms with van der Waals surface area (Å²) in [5.74, 6) is 1.51. The van der Waals surface area contributed by atoms with E-state index in [2.05, 4.69) is 20.8 Å². The zero-order valence-corrected chi connectivity index (χ0v) is 8.27. The van der Waals surface area contributed by atoms with E-state index in [0.717, 1.165) is 12.2 Å². The minimum atomic E-state index is 0.701. The van der Waals surface area contributed by atoms with Crippen LogP contribution in [0, 0.1) is 11.8 Å². The Labute approximate surface area is 73.2 Å². The predicted octanol–water partition coefficient (Wildman–Crippen LogP) is 3.43. The molecule has 0 saturated carbocycles. The Morgan fingerprint density at radius 1 is 1.09 bits per heavy atom. The number of hydrogen-bond acceptors (Lipinski definition) is 0. The Morgan fingerprint density at radius 3 is 2.18 bits per heavy atom. The molecule has 0 heterocycles. The lowest BCUT2D eigenvalue weighted by Gasteiger charge is -2.17. The lowest BCUT2D eigenvalue weighted by molar-refractivity contribution is 0.377. The molecule has 1 heteroatoms. The number of rotatable bonds is 6. The van der Waals surface area contributed by atoms with Crippen LogP contribution >= 0.6 is 0 Å². The summed E-state index contributed by atoms with van der Waals surface area (Å²) in [4.78, 5) is 0. The Balaban J connectivity index is 3.28. The van der Waals surface area contributed by atoms with E-state index in [9.17, 15) is 0 Å². The van der Waals surface area contributed by atoms with E-state index >= 15 is 0 Å². The van der Waals surface area contributed by atoms with Gasteiger partial charge in [-0.05, 0) is 11.8 Å². The highest BCUT2D eigenvalue weighted by molar-refractivity contribution is 6.08. The molecule has 1 unspecified atom stereocenters. The van der Waals surface area contributed by atoms with Crippen LogP contribution in [0.1, 0.15) is 46.5 Å². The SMILES string of the molecule is [B]CC(C)[C@@H](C)CCCCC. The maximum Gasteiger partial charge on any atom is 0.0656 e. The van der Waals surface area contributed by atoms with Gasteiger partial charge >= 0.3 is 0 Å². The molecular weight excluding hydrogens is 131 g/mol. The van der Waals surface area contributed by atoms with Crippen molar-refractivity contribution >= 4 is 7.85 Å². The van der Waals surface area contributed by atoms with Gasteiger partial charge in [0.05, 0.1) is 7.85 Å². The molecule has 0 aromatic carbocycles. The van der Waals surface area contributed by atoms with Gasteiger partial charge < -0.3 is 0 Å². The topological polar surface area (TPSA) is 0 Å². The van der Waals surface area contributed by atoms with E-state index in [1.807, 2.05) is 0 Å². The third kappa shape index (κ3) is 5.35. The molecule has 0 aromatic heterocycles. The maximum atomic E-state index is 5.58. The van der Waals surface area contributed by atoms with Gasteiger partial charge in [-0.3, -0.25) is 0 Å². The minimum Gasteiger partial charge on any atom is -0.0859 e. The standard InChI is InChI=1S/C10H21B/c1-4-5-6-7-9(2)10(3)8-11/h9-10H,4-8H2,1-3H3/t9-,10?/m0/s1. The Bertz CT molecular complexity index is 80.9. The van der Waals surface area contributed by atoms with Gasteiger partial charge in [0.15, 0.2) is 0 Å². The highest BCUT2D eigenvalue weighted by Gasteiger charge is 2.08. The van der Waals surface area contributed by atoms with E-state index in [1.54, 1.807) is 0 Å². The molecule has 0 aromatic rings. The van der Waals surface area contributed by atoms with Gasteiger partial charge in [0.2, 0.25) is 0 Å². The van der Waals surface area contributed by atoms with Crippen molar-refractivity contribution in [2.24, 2.45) is 11.8 Å². The third-order valence-electron chi connectivity index (χ3n) is 2.61. The van der Waals surface area contributed by atoms with Crippen LogP contribution in [0.5, 0.6) is 0 Å². The monoisotopic (exact) mass is 152 g/mol. The van der Waals surface area contributed by atoms with Gasteiger partial charge in [0, 0.05) is 0 Å². The second-order valence-electron chi connectivity index (χ2n) is 3.69. The molecule has 11 heavy (non-hydrogen) atoms. The van der Waals surface area contributed by atoms with Crippen LogP contribution in [0.25, 0.3) is 0 Å². The van der Waals surface area contributed by atoms with Crippen LogP contribution < -0.4 is 0 Å². The summed E-state index contributed by atoms with van der Waals surface area (Å²) in [6.45, 7) is 6.81. The highest BCUT2D eigenvalue weighted by atomic mass is 14.1. The fraction of sp³-hybridized carbons (Fsp3) is 1.00. The molecule has 0 aliphatic rings. The fourth-order valence-electron chi connectivity index (χ4n) is 1.23. The van der Waals surface area contributed by atoms with Crippen molar-refractivity contribution in [3.05, 3.63) is 0 Å². The molecule has 0 amide bonds. The molecular formula is C10H21B. The number of unbranched alkanes of at least 4 members (excludes halogenated alkanes) is 2. The first-order valence-electron chi connectivity index (χ1n) is 4.92. The summed E-state index contributed by atoms with van der Waals surface area (Å²) in [6.07, 6.45) is 6.27. The van der Waals surface area contributed by atoms with E-state index in [1.165, 1.54) is 25.7 Å². The van der Waals surface area contributed by atoms with Crippen LogP contribution in [-0.2, 0) is 0 Å². The molecule has 2 radical (unpaired) electrons. The van der Waals surface area contributed by atoms with Crippen LogP contribution in [0.4, 0.5) is 0 Å². The first-order chi connectivity index (χ1) is 5.22. The van der Waals surface area contributed by atoms with Crippen molar-refractivity contribution in [1.82, 2.24) is 0 Å². The van der Waals surface area contributed by atoms with E-state index in [4.69, 9.17) is 7.85 Å². The van der Waals surface area contributed by atoms with Gasteiger partial charge in [-0.2, -0.15) is 0 Å². The third-order valence-corrected chi connectivity index (χ3v) is 2.61. The summed E-state index contributed by atoms with van der Waals surface area (Å²) < 4.78 is 0. The minimum absolute atomic E-state index is 0.701. The van der Waals surface area contributed by atoms with Gasteiger partial charge in [0.25, 0.3) is 0 Å². The van der Waals surface area contributed by atoms with E-state index < -0.39 is 0 Å². The van der Waals surface area contributed by atoms with E-state index in [0.29, 0.717) is 5.92 Å². The first-order valence-corrected chi connectivity index (χ1v) is 4.92.